The predicted molar refractivity (Wildman–Crippen MR) is 124 cm³/mol. The lowest BCUT2D eigenvalue weighted by Crippen LogP contribution is -2.42. The average molecular weight is 420 g/mol. The van der Waals surface area contributed by atoms with Gasteiger partial charge >= 0.3 is 5.97 Å². The number of aryl methyl sites for hydroxylation is 4. The topological polar surface area (TPSA) is 38.8 Å². The maximum atomic E-state index is 13.0. The Kier molecular flexibility index (Phi) is 5.69. The van der Waals surface area contributed by atoms with E-state index in [-0.39, 0.29) is 17.4 Å². The summed E-state index contributed by atoms with van der Waals surface area (Å²) >= 11 is 0. The van der Waals surface area contributed by atoms with Crippen molar-refractivity contribution in [2.75, 3.05) is 20.7 Å². The number of ether oxygens (including phenoxy) is 2. The number of likely N-dealkylation sites (tertiary alicyclic amines) is 1. The minimum absolute atomic E-state index is 0.0530. The minimum Gasteiger partial charge on any atom is -0.496 e. The van der Waals surface area contributed by atoms with Gasteiger partial charge in [-0.25, -0.2) is 4.79 Å². The predicted octanol–water partition coefficient (Wildman–Crippen LogP) is 5.41. The van der Waals surface area contributed by atoms with Crippen molar-refractivity contribution in [2.24, 2.45) is 0 Å². The van der Waals surface area contributed by atoms with Gasteiger partial charge in [0.1, 0.15) is 11.5 Å². The number of likely N-dealkylation sites (N-methyl/N-ethyl adjacent to an activating group) is 1. The number of carbonyl (C=O) groups excluding carboxylic acids is 1. The quantitative estimate of drug-likeness (QED) is 0.622. The highest BCUT2D eigenvalue weighted by atomic mass is 16.5. The molecule has 31 heavy (non-hydrogen) atoms. The third-order valence-electron chi connectivity index (χ3n) is 7.19. The molecule has 164 valence electrons. The van der Waals surface area contributed by atoms with Crippen LogP contribution < -0.4 is 4.74 Å². The summed E-state index contributed by atoms with van der Waals surface area (Å²) in [6.45, 7) is 9.14. The molecule has 0 saturated carbocycles. The summed E-state index contributed by atoms with van der Waals surface area (Å²) in [6.07, 6.45) is 5.03. The average Bonchev–Trinajstić information content (AvgIpc) is 3.04. The molecule has 2 atom stereocenters. The number of methoxy groups -OCH3 is 1. The van der Waals surface area contributed by atoms with Gasteiger partial charge in [-0.3, -0.25) is 4.90 Å². The van der Waals surface area contributed by atoms with E-state index in [1.807, 2.05) is 26.0 Å². The lowest BCUT2D eigenvalue weighted by Gasteiger charge is -2.40. The van der Waals surface area contributed by atoms with Crippen molar-refractivity contribution >= 4 is 5.97 Å². The summed E-state index contributed by atoms with van der Waals surface area (Å²) in [4.78, 5) is 15.4. The zero-order valence-electron chi connectivity index (χ0n) is 19.5. The van der Waals surface area contributed by atoms with E-state index in [1.54, 1.807) is 7.11 Å². The largest absolute Gasteiger partial charge is 0.496 e. The van der Waals surface area contributed by atoms with Gasteiger partial charge in [0.05, 0.1) is 12.7 Å². The van der Waals surface area contributed by atoms with Crippen molar-refractivity contribution in [1.82, 2.24) is 4.90 Å². The third-order valence-corrected chi connectivity index (χ3v) is 7.19. The number of benzene rings is 2. The first kappa shape index (κ1) is 21.6. The van der Waals surface area contributed by atoms with Crippen molar-refractivity contribution in [1.29, 1.82) is 0 Å². The van der Waals surface area contributed by atoms with Crippen LogP contribution in [0.2, 0.25) is 0 Å². The molecule has 2 aliphatic rings. The maximum Gasteiger partial charge on any atom is 0.343 e. The molecule has 2 aromatic carbocycles. The maximum absolute atomic E-state index is 13.0. The van der Waals surface area contributed by atoms with E-state index in [2.05, 4.69) is 50.1 Å². The molecule has 4 nitrogen and oxygen atoms in total. The van der Waals surface area contributed by atoms with Gasteiger partial charge in [-0.05, 0) is 88.5 Å². The Balaban J connectivity index is 1.63. The highest BCUT2D eigenvalue weighted by molar-refractivity contribution is 5.93. The highest BCUT2D eigenvalue weighted by Crippen LogP contribution is 2.48. The molecule has 0 spiro atoms. The molecule has 0 bridgehead atoms. The lowest BCUT2D eigenvalue weighted by molar-refractivity contribution is 0.0591. The standard InChI is InChI=1S/C27H33NO3/c1-17-13-19(3)25(20(4)14-17)26(29)31-22-9-10-27(11-12-28(5)24(27)16-22)21-7-8-23(30-6)18(2)15-21/h7-8,13-16,24H,9-12H2,1-6H3/t24-,27-/m0/s1. The lowest BCUT2D eigenvalue weighted by atomic mass is 9.68. The van der Waals surface area contributed by atoms with E-state index in [0.29, 0.717) is 5.56 Å². The van der Waals surface area contributed by atoms with Crippen LogP contribution in [0.4, 0.5) is 0 Å². The van der Waals surface area contributed by atoms with Crippen molar-refractivity contribution in [3.05, 3.63) is 75.5 Å². The molecule has 1 fully saturated rings. The number of rotatable bonds is 4. The number of allylic oxidation sites excluding steroid dienone is 1. The second-order valence-corrected chi connectivity index (χ2v) is 9.31. The van der Waals surface area contributed by atoms with Gasteiger partial charge in [-0.15, -0.1) is 0 Å². The normalized spacial score (nSPS) is 23.3. The number of carbonyl (C=O) groups is 1. The first-order valence-electron chi connectivity index (χ1n) is 11.1. The van der Waals surface area contributed by atoms with Gasteiger partial charge in [0.2, 0.25) is 0 Å². The van der Waals surface area contributed by atoms with E-state index in [4.69, 9.17) is 9.47 Å². The minimum atomic E-state index is -0.241. The van der Waals surface area contributed by atoms with E-state index in [1.165, 1.54) is 5.56 Å². The van der Waals surface area contributed by atoms with E-state index in [0.717, 1.165) is 59.6 Å². The fourth-order valence-electron chi connectivity index (χ4n) is 5.65. The number of hydrogen-bond donors (Lipinski definition) is 0. The van der Waals surface area contributed by atoms with Crippen molar-refractivity contribution < 1.29 is 14.3 Å². The molecule has 1 saturated heterocycles. The van der Waals surface area contributed by atoms with Crippen LogP contribution in [-0.2, 0) is 10.2 Å². The highest BCUT2D eigenvalue weighted by Gasteiger charge is 2.48. The van der Waals surface area contributed by atoms with Gasteiger partial charge in [0.25, 0.3) is 0 Å². The molecular formula is C27H33NO3. The second kappa shape index (κ2) is 8.16. The van der Waals surface area contributed by atoms with Gasteiger partial charge in [-0.2, -0.15) is 0 Å². The van der Waals surface area contributed by atoms with Crippen molar-refractivity contribution in [2.45, 2.75) is 58.4 Å². The fourth-order valence-corrected chi connectivity index (χ4v) is 5.65. The Morgan fingerprint density at radius 2 is 1.74 bits per heavy atom. The molecule has 1 aliphatic heterocycles. The summed E-state index contributed by atoms with van der Waals surface area (Å²) in [5.74, 6) is 1.48. The molecule has 0 amide bonds. The van der Waals surface area contributed by atoms with Crippen LogP contribution in [0.15, 0.2) is 42.2 Å². The van der Waals surface area contributed by atoms with Crippen LogP contribution in [0.3, 0.4) is 0 Å². The first-order chi connectivity index (χ1) is 14.7. The zero-order chi connectivity index (χ0) is 22.3. The second-order valence-electron chi connectivity index (χ2n) is 9.31. The molecule has 1 aliphatic carbocycles. The van der Waals surface area contributed by atoms with Gasteiger partial charge in [0, 0.05) is 17.9 Å². The molecular weight excluding hydrogens is 386 g/mol. The first-order valence-corrected chi connectivity index (χ1v) is 11.1. The number of esters is 1. The van der Waals surface area contributed by atoms with E-state index < -0.39 is 0 Å². The molecule has 4 heteroatoms. The Labute approximate surface area is 185 Å². The monoisotopic (exact) mass is 419 g/mol. The number of nitrogens with zero attached hydrogens (tertiary/aromatic N) is 1. The SMILES string of the molecule is COc1ccc([C@@]23CCC(OC(=O)c4c(C)cc(C)cc4C)=C[C@@H]2N(C)CC3)cc1C. The Morgan fingerprint density at radius 1 is 1.03 bits per heavy atom. The smallest absolute Gasteiger partial charge is 0.343 e. The summed E-state index contributed by atoms with van der Waals surface area (Å²) in [7, 11) is 3.88. The fraction of sp³-hybridized carbons (Fsp3) is 0.444. The van der Waals surface area contributed by atoms with Crippen LogP contribution >= 0.6 is 0 Å². The van der Waals surface area contributed by atoms with Crippen LogP contribution in [0.25, 0.3) is 0 Å². The van der Waals surface area contributed by atoms with Gasteiger partial charge in [0.15, 0.2) is 0 Å². The van der Waals surface area contributed by atoms with Crippen LogP contribution in [0.5, 0.6) is 5.75 Å². The molecule has 1 heterocycles. The van der Waals surface area contributed by atoms with Gasteiger partial charge in [-0.1, -0.05) is 29.8 Å². The van der Waals surface area contributed by atoms with Crippen LogP contribution in [0.1, 0.15) is 57.4 Å². The number of hydrogen-bond acceptors (Lipinski definition) is 4. The summed E-state index contributed by atoms with van der Waals surface area (Å²) in [5.41, 5.74) is 6.36. The van der Waals surface area contributed by atoms with Gasteiger partial charge < -0.3 is 9.47 Å². The molecule has 0 radical (unpaired) electrons. The summed E-state index contributed by atoms with van der Waals surface area (Å²) < 4.78 is 11.4. The molecule has 0 unspecified atom stereocenters. The Morgan fingerprint density at radius 3 is 2.39 bits per heavy atom. The van der Waals surface area contributed by atoms with E-state index in [9.17, 15) is 4.79 Å². The van der Waals surface area contributed by atoms with E-state index >= 15 is 0 Å². The van der Waals surface area contributed by atoms with Crippen molar-refractivity contribution in [3.8, 4) is 5.75 Å². The Hall–Kier alpha value is -2.59. The van der Waals surface area contributed by atoms with Crippen LogP contribution in [-0.4, -0.2) is 37.6 Å². The van der Waals surface area contributed by atoms with Crippen molar-refractivity contribution in [3.63, 3.8) is 0 Å². The molecule has 0 N–H and O–H groups in total. The Bertz CT molecular complexity index is 1030. The summed E-state index contributed by atoms with van der Waals surface area (Å²) in [5, 5.41) is 0. The zero-order valence-corrected chi connectivity index (χ0v) is 19.5. The summed E-state index contributed by atoms with van der Waals surface area (Å²) in [6, 6.07) is 10.9. The van der Waals surface area contributed by atoms with Crippen LogP contribution in [0, 0.1) is 27.7 Å². The third kappa shape index (κ3) is 3.78. The number of fused-ring (bicyclic) bond motifs is 1. The molecule has 0 aromatic heterocycles. The molecule has 4 rings (SSSR count). The molecule has 2 aromatic rings.